The second-order valence-corrected chi connectivity index (χ2v) is 7.97. The number of nitrogens with zero attached hydrogens (tertiary/aromatic N) is 3. The lowest BCUT2D eigenvalue weighted by Crippen LogP contribution is -2.30. The quantitative estimate of drug-likeness (QED) is 0.240. The van der Waals surface area contributed by atoms with E-state index in [0.29, 0.717) is 39.4 Å². The summed E-state index contributed by atoms with van der Waals surface area (Å²) >= 11 is 0. The topological polar surface area (TPSA) is 127 Å². The molecule has 4 aromatic rings. The summed E-state index contributed by atoms with van der Waals surface area (Å²) in [6, 6.07) is 12.4. The van der Waals surface area contributed by atoms with E-state index in [1.165, 1.54) is 32.4 Å². The highest BCUT2D eigenvalue weighted by atomic mass is 16.5. The molecule has 0 saturated carbocycles. The van der Waals surface area contributed by atoms with E-state index < -0.39 is 17.7 Å². The van der Waals surface area contributed by atoms with Crippen molar-refractivity contribution in [3.05, 3.63) is 77.6 Å². The van der Waals surface area contributed by atoms with Crippen molar-refractivity contribution in [3.63, 3.8) is 0 Å². The highest BCUT2D eigenvalue weighted by Crippen LogP contribution is 2.42. The minimum Gasteiger partial charge on any atom is -0.507 e. The predicted molar refractivity (Wildman–Crippen MR) is 131 cm³/mol. The first-order chi connectivity index (χ1) is 17.5. The molecule has 0 radical (unpaired) electrons. The molecule has 2 aromatic heterocycles. The number of hydrogen-bond acceptors (Lipinski definition) is 8. The number of Topliss-reactive ketones (excluding diaryl/α,β-unsaturated/α-hetero) is 1. The van der Waals surface area contributed by atoms with Gasteiger partial charge in [0.15, 0.2) is 11.5 Å². The van der Waals surface area contributed by atoms with Crippen LogP contribution in [0, 0.1) is 0 Å². The van der Waals surface area contributed by atoms with Crippen LogP contribution in [0.1, 0.15) is 17.2 Å². The Bertz CT molecular complexity index is 1470. The number of H-pyrrole nitrogens is 1. The van der Waals surface area contributed by atoms with E-state index in [1.54, 1.807) is 54.7 Å². The number of ketones is 1. The van der Waals surface area contributed by atoms with Gasteiger partial charge in [0.1, 0.15) is 11.5 Å². The number of benzene rings is 2. The van der Waals surface area contributed by atoms with Crippen LogP contribution in [-0.2, 0) is 9.59 Å². The molecule has 2 N–H and O–H groups in total. The van der Waals surface area contributed by atoms with Gasteiger partial charge < -0.3 is 24.3 Å². The third-order valence-electron chi connectivity index (χ3n) is 5.99. The summed E-state index contributed by atoms with van der Waals surface area (Å²) < 4.78 is 16.0. The molecule has 1 fully saturated rings. The van der Waals surface area contributed by atoms with Crippen LogP contribution in [0.4, 0.5) is 5.95 Å². The number of anilines is 1. The van der Waals surface area contributed by atoms with Crippen molar-refractivity contribution in [1.82, 2.24) is 15.0 Å². The van der Waals surface area contributed by atoms with Crippen molar-refractivity contribution in [2.75, 3.05) is 26.2 Å². The number of fused-ring (bicyclic) bond motifs is 1. The molecule has 0 spiro atoms. The SMILES string of the molecule is COc1cccc(/C(O)=C2\C(=O)C(=O)N(c3nc4cc(OC)c(OC)cc4[nH]3)C2c2cccnc2)c1. The summed E-state index contributed by atoms with van der Waals surface area (Å²) in [5.74, 6) is -0.461. The van der Waals surface area contributed by atoms with E-state index in [1.807, 2.05) is 0 Å². The van der Waals surface area contributed by atoms with Crippen molar-refractivity contribution >= 4 is 34.4 Å². The fourth-order valence-electron chi connectivity index (χ4n) is 4.27. The normalized spacial score (nSPS) is 17.0. The molecule has 1 atom stereocenters. The van der Waals surface area contributed by atoms with Crippen LogP contribution in [0.25, 0.3) is 16.8 Å². The average Bonchev–Trinajstić information content (AvgIpc) is 3.45. The number of pyridine rings is 1. The number of hydrogen-bond donors (Lipinski definition) is 2. The lowest BCUT2D eigenvalue weighted by molar-refractivity contribution is -0.132. The molecule has 1 aliphatic rings. The smallest absolute Gasteiger partial charge is 0.302 e. The monoisotopic (exact) mass is 486 g/mol. The first-order valence-corrected chi connectivity index (χ1v) is 10.9. The third-order valence-corrected chi connectivity index (χ3v) is 5.99. The highest BCUT2D eigenvalue weighted by Gasteiger charge is 2.48. The molecule has 2 aromatic carbocycles. The zero-order chi connectivity index (χ0) is 25.4. The van der Waals surface area contributed by atoms with E-state index in [9.17, 15) is 14.7 Å². The predicted octanol–water partition coefficient (Wildman–Crippen LogP) is 3.61. The number of imidazole rings is 1. The van der Waals surface area contributed by atoms with Crippen molar-refractivity contribution in [2.45, 2.75) is 6.04 Å². The first kappa shape index (κ1) is 22.9. The molecule has 10 nitrogen and oxygen atoms in total. The Hall–Kier alpha value is -4.86. The van der Waals surface area contributed by atoms with E-state index in [2.05, 4.69) is 15.0 Å². The Labute approximate surface area is 205 Å². The van der Waals surface area contributed by atoms with Crippen LogP contribution < -0.4 is 19.1 Å². The molecule has 1 amide bonds. The molecule has 1 saturated heterocycles. The van der Waals surface area contributed by atoms with Gasteiger partial charge in [-0.05, 0) is 23.8 Å². The standard InChI is InChI=1S/C26H22N4O6/c1-34-16-8-4-6-14(10-16)23(31)21-22(15-7-5-9-27-13-15)30(25(33)24(21)32)26-28-17-11-19(35-2)20(36-3)12-18(17)29-26/h4-13,22,31H,1-3H3,(H,28,29)/b23-21+. The molecular formula is C26H22N4O6. The van der Waals surface area contributed by atoms with Gasteiger partial charge in [-0.15, -0.1) is 0 Å². The van der Waals surface area contributed by atoms with Gasteiger partial charge in [0.25, 0.3) is 5.78 Å². The second kappa shape index (κ2) is 9.06. The number of methoxy groups -OCH3 is 3. The van der Waals surface area contributed by atoms with Gasteiger partial charge in [0, 0.05) is 30.1 Å². The minimum atomic E-state index is -0.978. The average molecular weight is 486 g/mol. The number of rotatable bonds is 6. The second-order valence-electron chi connectivity index (χ2n) is 7.97. The number of aliphatic hydroxyl groups is 1. The molecule has 0 bridgehead atoms. The van der Waals surface area contributed by atoms with Crippen molar-refractivity contribution < 1.29 is 28.9 Å². The lowest BCUT2D eigenvalue weighted by Gasteiger charge is -2.22. The maximum Gasteiger partial charge on any atom is 0.302 e. The van der Waals surface area contributed by atoms with Crippen LogP contribution in [-0.4, -0.2) is 53.1 Å². The number of aromatic amines is 1. The molecule has 36 heavy (non-hydrogen) atoms. The van der Waals surface area contributed by atoms with Crippen LogP contribution in [0.15, 0.2) is 66.5 Å². The Morgan fingerprint density at radius 3 is 2.47 bits per heavy atom. The fourth-order valence-corrected chi connectivity index (χ4v) is 4.27. The summed E-state index contributed by atoms with van der Waals surface area (Å²) in [6.45, 7) is 0. The van der Waals surface area contributed by atoms with Crippen LogP contribution in [0.3, 0.4) is 0 Å². The fraction of sp³-hybridized carbons (Fsp3) is 0.154. The molecule has 1 unspecified atom stereocenters. The number of aliphatic hydroxyl groups excluding tert-OH is 1. The number of carbonyl (C=O) groups is 2. The van der Waals surface area contributed by atoms with Crippen molar-refractivity contribution in [2.24, 2.45) is 0 Å². The molecule has 3 heterocycles. The highest BCUT2D eigenvalue weighted by molar-refractivity contribution is 6.51. The van der Waals surface area contributed by atoms with Gasteiger partial charge in [-0.3, -0.25) is 19.5 Å². The molecule has 10 heteroatoms. The number of carbonyl (C=O) groups excluding carboxylic acids is 2. The zero-order valence-corrected chi connectivity index (χ0v) is 19.7. The van der Waals surface area contributed by atoms with E-state index in [-0.39, 0.29) is 17.3 Å². The first-order valence-electron chi connectivity index (χ1n) is 10.9. The van der Waals surface area contributed by atoms with Gasteiger partial charge >= 0.3 is 5.91 Å². The molecular weight excluding hydrogens is 464 g/mol. The van der Waals surface area contributed by atoms with E-state index in [0.717, 1.165) is 0 Å². The summed E-state index contributed by atoms with van der Waals surface area (Å²) in [5.41, 5.74) is 1.85. The largest absolute Gasteiger partial charge is 0.507 e. The van der Waals surface area contributed by atoms with Gasteiger partial charge in [0.2, 0.25) is 5.95 Å². The van der Waals surface area contributed by atoms with Crippen molar-refractivity contribution in [3.8, 4) is 17.2 Å². The third kappa shape index (κ3) is 3.68. The lowest BCUT2D eigenvalue weighted by atomic mass is 9.96. The van der Waals surface area contributed by atoms with Crippen LogP contribution in [0.2, 0.25) is 0 Å². The number of amides is 1. The Balaban J connectivity index is 1.71. The summed E-state index contributed by atoms with van der Waals surface area (Å²) in [6.07, 6.45) is 3.12. The Kier molecular flexibility index (Phi) is 5.77. The number of aromatic nitrogens is 3. The molecule has 1 aliphatic heterocycles. The van der Waals surface area contributed by atoms with Crippen LogP contribution in [0.5, 0.6) is 17.2 Å². The Morgan fingerprint density at radius 2 is 1.78 bits per heavy atom. The maximum atomic E-state index is 13.4. The van der Waals surface area contributed by atoms with Gasteiger partial charge in [-0.1, -0.05) is 18.2 Å². The molecule has 5 rings (SSSR count). The minimum absolute atomic E-state index is 0.0862. The van der Waals surface area contributed by atoms with Gasteiger partial charge in [-0.25, -0.2) is 4.98 Å². The van der Waals surface area contributed by atoms with Gasteiger partial charge in [-0.2, -0.15) is 0 Å². The van der Waals surface area contributed by atoms with Gasteiger partial charge in [0.05, 0.1) is 44.0 Å². The molecule has 0 aliphatic carbocycles. The zero-order valence-electron chi connectivity index (χ0n) is 19.7. The van der Waals surface area contributed by atoms with Crippen LogP contribution >= 0.6 is 0 Å². The number of nitrogens with one attached hydrogen (secondary N) is 1. The summed E-state index contributed by atoms with van der Waals surface area (Å²) in [7, 11) is 4.52. The maximum absolute atomic E-state index is 13.4. The van der Waals surface area contributed by atoms with E-state index >= 15 is 0 Å². The van der Waals surface area contributed by atoms with Crippen molar-refractivity contribution in [1.29, 1.82) is 0 Å². The summed E-state index contributed by atoms with van der Waals surface area (Å²) in [4.78, 5) is 39.7. The summed E-state index contributed by atoms with van der Waals surface area (Å²) in [5, 5.41) is 11.2. The molecule has 182 valence electrons. The van der Waals surface area contributed by atoms with E-state index in [4.69, 9.17) is 14.2 Å². The Morgan fingerprint density at radius 1 is 1.00 bits per heavy atom. The number of ether oxygens (including phenoxy) is 3.